The van der Waals surface area contributed by atoms with E-state index in [1.54, 1.807) is 0 Å². The van der Waals surface area contributed by atoms with Crippen LogP contribution < -0.4 is 0 Å². The predicted molar refractivity (Wildman–Crippen MR) is 50.3 cm³/mol. The van der Waals surface area contributed by atoms with E-state index in [1.165, 1.54) is 0 Å². The van der Waals surface area contributed by atoms with Crippen molar-refractivity contribution < 1.29 is 22.7 Å². The van der Waals surface area contributed by atoms with Crippen LogP contribution in [0.2, 0.25) is 0 Å². The standard InChI is InChI=1S/C10H15F3O2/c1-2-9(14)15-8-6-4-3-5-7-10(11,12)13/h2H,1,3-8H2. The van der Waals surface area contributed by atoms with Gasteiger partial charge in [0.1, 0.15) is 0 Å². The van der Waals surface area contributed by atoms with Crippen LogP contribution in [0.15, 0.2) is 12.7 Å². The van der Waals surface area contributed by atoms with Gasteiger partial charge in [0.05, 0.1) is 6.61 Å². The molecule has 0 aromatic rings. The third kappa shape index (κ3) is 10.9. The quantitative estimate of drug-likeness (QED) is 0.377. The van der Waals surface area contributed by atoms with E-state index in [2.05, 4.69) is 11.3 Å². The number of ether oxygens (including phenoxy) is 1. The number of hydrogen-bond donors (Lipinski definition) is 0. The first-order valence-electron chi connectivity index (χ1n) is 4.81. The van der Waals surface area contributed by atoms with E-state index in [0.29, 0.717) is 19.3 Å². The van der Waals surface area contributed by atoms with Crippen molar-refractivity contribution in [2.45, 2.75) is 38.3 Å². The molecule has 0 N–H and O–H groups in total. The molecule has 88 valence electrons. The number of alkyl halides is 3. The molecule has 0 aromatic heterocycles. The Morgan fingerprint density at radius 3 is 2.33 bits per heavy atom. The lowest BCUT2D eigenvalue weighted by molar-refractivity contribution is -0.137. The summed E-state index contributed by atoms with van der Waals surface area (Å²) in [7, 11) is 0. The molecule has 0 atom stereocenters. The summed E-state index contributed by atoms with van der Waals surface area (Å²) >= 11 is 0. The summed E-state index contributed by atoms with van der Waals surface area (Å²) in [4.78, 5) is 10.5. The normalized spacial score (nSPS) is 11.1. The summed E-state index contributed by atoms with van der Waals surface area (Å²) in [6, 6.07) is 0. The van der Waals surface area contributed by atoms with Gasteiger partial charge in [0.25, 0.3) is 0 Å². The van der Waals surface area contributed by atoms with Gasteiger partial charge in [-0.15, -0.1) is 0 Å². The van der Waals surface area contributed by atoms with E-state index < -0.39 is 18.6 Å². The molecule has 0 amide bonds. The van der Waals surface area contributed by atoms with Crippen LogP contribution in [0.4, 0.5) is 13.2 Å². The second kappa shape index (κ2) is 7.31. The molecule has 0 aliphatic heterocycles. The molecule has 2 nitrogen and oxygen atoms in total. The smallest absolute Gasteiger partial charge is 0.389 e. The lowest BCUT2D eigenvalue weighted by Crippen LogP contribution is -2.06. The van der Waals surface area contributed by atoms with Crippen molar-refractivity contribution in [1.29, 1.82) is 0 Å². The molecule has 0 radical (unpaired) electrons. The number of carbonyl (C=O) groups excluding carboxylic acids is 1. The van der Waals surface area contributed by atoms with Crippen molar-refractivity contribution in [2.24, 2.45) is 0 Å². The van der Waals surface area contributed by atoms with E-state index in [9.17, 15) is 18.0 Å². The maximum atomic E-state index is 11.7. The molecule has 0 bridgehead atoms. The lowest BCUT2D eigenvalue weighted by Gasteiger charge is -2.05. The first-order valence-corrected chi connectivity index (χ1v) is 4.81. The monoisotopic (exact) mass is 224 g/mol. The Balaban J connectivity index is 3.19. The summed E-state index contributed by atoms with van der Waals surface area (Å²) in [5, 5.41) is 0. The molecular formula is C10H15F3O2. The van der Waals surface area contributed by atoms with Crippen molar-refractivity contribution in [3.63, 3.8) is 0 Å². The molecule has 0 fully saturated rings. The van der Waals surface area contributed by atoms with Gasteiger partial charge in [-0.05, 0) is 12.8 Å². The molecule has 0 aliphatic rings. The van der Waals surface area contributed by atoms with Crippen LogP contribution in [0.3, 0.4) is 0 Å². The van der Waals surface area contributed by atoms with Gasteiger partial charge in [-0.25, -0.2) is 4.79 Å². The first-order chi connectivity index (χ1) is 6.95. The van der Waals surface area contributed by atoms with Crippen molar-refractivity contribution in [3.8, 4) is 0 Å². The molecule has 0 saturated heterocycles. The Morgan fingerprint density at radius 1 is 1.20 bits per heavy atom. The van der Waals surface area contributed by atoms with Gasteiger partial charge in [-0.3, -0.25) is 0 Å². The number of carbonyl (C=O) groups is 1. The van der Waals surface area contributed by atoms with Crippen LogP contribution in [-0.4, -0.2) is 18.8 Å². The van der Waals surface area contributed by atoms with Crippen molar-refractivity contribution in [1.82, 2.24) is 0 Å². The first kappa shape index (κ1) is 14.0. The number of esters is 1. The zero-order valence-electron chi connectivity index (χ0n) is 8.48. The highest BCUT2D eigenvalue weighted by Crippen LogP contribution is 2.22. The highest BCUT2D eigenvalue weighted by molar-refractivity contribution is 5.81. The van der Waals surface area contributed by atoms with Crippen molar-refractivity contribution in [2.75, 3.05) is 6.61 Å². The van der Waals surface area contributed by atoms with Crippen LogP contribution in [-0.2, 0) is 9.53 Å². The molecule has 0 rings (SSSR count). The van der Waals surface area contributed by atoms with Crippen molar-refractivity contribution >= 4 is 5.97 Å². The predicted octanol–water partition coefficient (Wildman–Crippen LogP) is 3.23. The SMILES string of the molecule is C=CC(=O)OCCCCCCC(F)(F)F. The number of halogens is 3. The number of unbranched alkanes of at least 4 members (excludes halogenated alkanes) is 3. The molecule has 0 aromatic carbocycles. The third-order valence-electron chi connectivity index (χ3n) is 1.77. The second-order valence-electron chi connectivity index (χ2n) is 3.15. The number of hydrogen-bond acceptors (Lipinski definition) is 2. The fourth-order valence-corrected chi connectivity index (χ4v) is 1.01. The molecule has 0 saturated carbocycles. The minimum atomic E-state index is -4.06. The zero-order chi connectivity index (χ0) is 11.7. The van der Waals surface area contributed by atoms with Gasteiger partial charge < -0.3 is 4.74 Å². The van der Waals surface area contributed by atoms with Crippen LogP contribution in [0.5, 0.6) is 0 Å². The Labute approximate surface area is 87.1 Å². The largest absolute Gasteiger partial charge is 0.463 e. The van der Waals surface area contributed by atoms with Gasteiger partial charge in [-0.2, -0.15) is 13.2 Å². The Kier molecular flexibility index (Phi) is 6.83. The van der Waals surface area contributed by atoms with Crippen LogP contribution in [0.25, 0.3) is 0 Å². The highest BCUT2D eigenvalue weighted by Gasteiger charge is 2.25. The Hall–Kier alpha value is -1.00. The maximum Gasteiger partial charge on any atom is 0.389 e. The highest BCUT2D eigenvalue weighted by atomic mass is 19.4. The summed E-state index contributed by atoms with van der Waals surface area (Å²) in [6.07, 6.45) is -1.86. The Morgan fingerprint density at radius 2 is 1.80 bits per heavy atom. The molecular weight excluding hydrogens is 209 g/mol. The van der Waals surface area contributed by atoms with Gasteiger partial charge in [-0.1, -0.05) is 19.4 Å². The van der Waals surface area contributed by atoms with Crippen LogP contribution in [0, 0.1) is 0 Å². The van der Waals surface area contributed by atoms with E-state index in [0.717, 1.165) is 6.08 Å². The lowest BCUT2D eigenvalue weighted by atomic mass is 10.1. The van der Waals surface area contributed by atoms with Gasteiger partial charge in [0.15, 0.2) is 0 Å². The third-order valence-corrected chi connectivity index (χ3v) is 1.77. The van der Waals surface area contributed by atoms with E-state index >= 15 is 0 Å². The van der Waals surface area contributed by atoms with Gasteiger partial charge in [0, 0.05) is 12.5 Å². The molecule has 0 aliphatic carbocycles. The summed E-state index contributed by atoms with van der Waals surface area (Å²) in [5.41, 5.74) is 0. The zero-order valence-corrected chi connectivity index (χ0v) is 8.48. The Bertz CT molecular complexity index is 199. The maximum absolute atomic E-state index is 11.7. The fourth-order valence-electron chi connectivity index (χ4n) is 1.01. The van der Waals surface area contributed by atoms with Crippen LogP contribution in [0.1, 0.15) is 32.1 Å². The topological polar surface area (TPSA) is 26.3 Å². The minimum absolute atomic E-state index is 0.138. The molecule has 15 heavy (non-hydrogen) atoms. The average Bonchev–Trinajstić information content (AvgIpc) is 2.14. The average molecular weight is 224 g/mol. The van der Waals surface area contributed by atoms with Gasteiger partial charge in [0.2, 0.25) is 0 Å². The molecule has 0 heterocycles. The van der Waals surface area contributed by atoms with E-state index in [1.807, 2.05) is 0 Å². The van der Waals surface area contributed by atoms with Crippen LogP contribution >= 0.6 is 0 Å². The van der Waals surface area contributed by atoms with Crippen molar-refractivity contribution in [3.05, 3.63) is 12.7 Å². The van der Waals surface area contributed by atoms with E-state index in [4.69, 9.17) is 0 Å². The summed E-state index contributed by atoms with van der Waals surface area (Å²) in [5.74, 6) is -0.495. The fraction of sp³-hybridized carbons (Fsp3) is 0.700. The number of rotatable bonds is 7. The summed E-state index contributed by atoms with van der Waals surface area (Å²) < 4.78 is 39.8. The molecule has 0 spiro atoms. The summed E-state index contributed by atoms with van der Waals surface area (Å²) in [6.45, 7) is 3.46. The molecule has 5 heteroatoms. The molecule has 0 unspecified atom stereocenters. The second-order valence-corrected chi connectivity index (χ2v) is 3.15. The minimum Gasteiger partial charge on any atom is -0.463 e. The van der Waals surface area contributed by atoms with E-state index in [-0.39, 0.29) is 13.0 Å². The van der Waals surface area contributed by atoms with Gasteiger partial charge >= 0.3 is 12.1 Å².